The maximum Gasteiger partial charge on any atom is 0.341 e. The Labute approximate surface area is 183 Å². The van der Waals surface area contributed by atoms with Crippen molar-refractivity contribution >= 4 is 45.9 Å². The van der Waals surface area contributed by atoms with Crippen LogP contribution in [-0.2, 0) is 22.4 Å². The number of carbonyl (C=O) groups excluding carboxylic acids is 2. The monoisotopic (exact) mass is 448 g/mol. The Bertz CT molecular complexity index is 978. The summed E-state index contributed by atoms with van der Waals surface area (Å²) in [4.78, 5) is 27.0. The summed E-state index contributed by atoms with van der Waals surface area (Å²) in [7, 11) is 0. The van der Waals surface area contributed by atoms with Gasteiger partial charge in [-0.2, -0.15) is 5.26 Å². The number of nitrogens with zero attached hydrogens (tertiary/aromatic N) is 4. The summed E-state index contributed by atoms with van der Waals surface area (Å²) in [6, 6.07) is 1.36. The fourth-order valence-electron chi connectivity index (χ4n) is 3.53. The van der Waals surface area contributed by atoms with Gasteiger partial charge in [0.1, 0.15) is 11.0 Å². The van der Waals surface area contributed by atoms with E-state index < -0.39 is 12.0 Å². The zero-order valence-corrected chi connectivity index (χ0v) is 18.6. The summed E-state index contributed by atoms with van der Waals surface area (Å²) in [6.07, 6.45) is 4.22. The lowest BCUT2D eigenvalue weighted by atomic mass is 9.95. The van der Waals surface area contributed by atoms with Crippen LogP contribution in [0.25, 0.3) is 0 Å². The molecule has 1 atom stereocenters. The van der Waals surface area contributed by atoms with E-state index in [0.29, 0.717) is 22.1 Å². The lowest BCUT2D eigenvalue weighted by Crippen LogP contribution is -2.27. The molecule has 2 heterocycles. The fourth-order valence-corrected chi connectivity index (χ4v) is 5.46. The minimum atomic E-state index is -0.671. The molecule has 1 aliphatic rings. The maximum atomic E-state index is 13.2. The van der Waals surface area contributed by atoms with Gasteiger partial charge in [0.25, 0.3) is 0 Å². The predicted octanol–water partition coefficient (Wildman–Crippen LogP) is 3.18. The number of hydrogen-bond donors (Lipinski definition) is 2. The van der Waals surface area contributed by atoms with Crippen molar-refractivity contribution in [1.82, 2.24) is 14.8 Å². The molecule has 11 heteroatoms. The third-order valence-electron chi connectivity index (χ3n) is 4.85. The number of amides is 1. The van der Waals surface area contributed by atoms with E-state index in [1.165, 1.54) is 27.7 Å². The molecular formula is C19H24N6O3S2. The molecule has 0 spiro atoms. The number of nitriles is 1. The summed E-state index contributed by atoms with van der Waals surface area (Å²) in [6.45, 7) is 3.89. The first-order chi connectivity index (χ1) is 14.5. The number of aryl methyl sites for hydroxylation is 1. The first-order valence-corrected chi connectivity index (χ1v) is 11.6. The number of nitrogens with one attached hydrogen (secondary N) is 1. The molecule has 0 saturated carbocycles. The summed E-state index contributed by atoms with van der Waals surface area (Å²) in [5.74, 6) is -0.448. The Morgan fingerprint density at radius 2 is 2.13 bits per heavy atom. The van der Waals surface area contributed by atoms with Gasteiger partial charge in [-0.05, 0) is 44.6 Å². The fraction of sp³-hybridized carbons (Fsp3) is 0.526. The van der Waals surface area contributed by atoms with Crippen molar-refractivity contribution in [3.8, 4) is 6.07 Å². The lowest BCUT2D eigenvalue weighted by Gasteiger charge is -2.19. The topological polar surface area (TPSA) is 136 Å². The van der Waals surface area contributed by atoms with Crippen molar-refractivity contribution in [2.24, 2.45) is 0 Å². The predicted molar refractivity (Wildman–Crippen MR) is 116 cm³/mol. The second kappa shape index (κ2) is 9.95. The van der Waals surface area contributed by atoms with E-state index >= 15 is 0 Å². The highest BCUT2D eigenvalue weighted by atomic mass is 32.2. The number of nitrogen functional groups attached to an aromatic ring is 1. The second-order valence-electron chi connectivity index (χ2n) is 6.71. The highest BCUT2D eigenvalue weighted by molar-refractivity contribution is 7.99. The number of thiophene rings is 1. The molecule has 1 amide bonds. The quantitative estimate of drug-likeness (QED) is 0.464. The summed E-state index contributed by atoms with van der Waals surface area (Å²) < 4.78 is 6.79. The zero-order chi connectivity index (χ0) is 21.7. The molecule has 1 unspecified atom stereocenters. The van der Waals surface area contributed by atoms with Crippen molar-refractivity contribution in [3.63, 3.8) is 0 Å². The summed E-state index contributed by atoms with van der Waals surface area (Å²) >= 11 is 2.61. The molecule has 2 aromatic heterocycles. The largest absolute Gasteiger partial charge is 0.462 e. The second-order valence-corrected chi connectivity index (χ2v) is 8.75. The van der Waals surface area contributed by atoms with E-state index in [1.807, 2.05) is 13.0 Å². The molecule has 30 heavy (non-hydrogen) atoms. The molecule has 160 valence electrons. The van der Waals surface area contributed by atoms with Crippen molar-refractivity contribution in [2.75, 3.05) is 23.4 Å². The Balaban J connectivity index is 1.92. The SMILES string of the molecule is CCOC(=O)c1c(NC(=O)C(CC)n2c(N)nnc2SCC#N)sc2c1CCCC2. The van der Waals surface area contributed by atoms with Crippen LogP contribution >= 0.6 is 23.1 Å². The molecular weight excluding hydrogens is 424 g/mol. The number of rotatable bonds is 8. The van der Waals surface area contributed by atoms with Crippen LogP contribution in [0.2, 0.25) is 0 Å². The molecule has 3 N–H and O–H groups in total. The van der Waals surface area contributed by atoms with Crippen LogP contribution in [-0.4, -0.2) is 39.0 Å². The number of hydrogen-bond acceptors (Lipinski definition) is 9. The average Bonchev–Trinajstić information content (AvgIpc) is 3.27. The van der Waals surface area contributed by atoms with Gasteiger partial charge >= 0.3 is 5.97 Å². The van der Waals surface area contributed by atoms with Crippen LogP contribution in [0.3, 0.4) is 0 Å². The van der Waals surface area contributed by atoms with Crippen LogP contribution in [0.4, 0.5) is 10.9 Å². The maximum absolute atomic E-state index is 13.2. The van der Waals surface area contributed by atoms with Crippen molar-refractivity contribution in [3.05, 3.63) is 16.0 Å². The highest BCUT2D eigenvalue weighted by Crippen LogP contribution is 2.39. The van der Waals surface area contributed by atoms with Gasteiger partial charge in [-0.15, -0.1) is 21.5 Å². The molecule has 0 saturated heterocycles. The highest BCUT2D eigenvalue weighted by Gasteiger charge is 2.30. The number of carbonyl (C=O) groups is 2. The smallest absolute Gasteiger partial charge is 0.341 e. The molecule has 0 bridgehead atoms. The number of fused-ring (bicyclic) bond motifs is 1. The van der Waals surface area contributed by atoms with E-state index in [9.17, 15) is 9.59 Å². The first-order valence-electron chi connectivity index (χ1n) is 9.84. The number of nitrogens with two attached hydrogens (primary N) is 1. The van der Waals surface area contributed by atoms with Crippen molar-refractivity contribution in [1.29, 1.82) is 5.26 Å². The molecule has 3 rings (SSSR count). The Kier molecular flexibility index (Phi) is 7.33. The standard InChI is InChI=1S/C19H24N6O3S2/c1-3-12(25-18(21)23-24-19(25)29-10-9-20)15(26)22-16-14(17(27)28-4-2)11-7-5-6-8-13(11)30-16/h12H,3-8,10H2,1-2H3,(H2,21,23)(H,22,26). The number of aromatic nitrogens is 3. The zero-order valence-electron chi connectivity index (χ0n) is 16.9. The minimum absolute atomic E-state index is 0.105. The number of anilines is 2. The van der Waals surface area contributed by atoms with Gasteiger partial charge in [0.15, 0.2) is 5.16 Å². The van der Waals surface area contributed by atoms with Crippen LogP contribution in [0.15, 0.2) is 5.16 Å². The van der Waals surface area contributed by atoms with Crippen LogP contribution in [0.1, 0.15) is 60.0 Å². The molecule has 1 aliphatic carbocycles. The normalized spacial score (nSPS) is 13.9. The average molecular weight is 449 g/mol. The first kappa shape index (κ1) is 22.1. The van der Waals surface area contributed by atoms with E-state index in [1.54, 1.807) is 6.92 Å². The summed E-state index contributed by atoms with van der Waals surface area (Å²) in [5.41, 5.74) is 7.42. The molecule has 0 radical (unpaired) electrons. The van der Waals surface area contributed by atoms with Gasteiger partial charge in [-0.1, -0.05) is 18.7 Å². The molecule has 0 aliphatic heterocycles. The molecule has 9 nitrogen and oxygen atoms in total. The van der Waals surface area contributed by atoms with E-state index in [0.717, 1.165) is 36.1 Å². The summed E-state index contributed by atoms with van der Waals surface area (Å²) in [5, 5.41) is 20.5. The minimum Gasteiger partial charge on any atom is -0.462 e. The van der Waals surface area contributed by atoms with Gasteiger partial charge in [-0.3, -0.25) is 9.36 Å². The van der Waals surface area contributed by atoms with E-state index in [-0.39, 0.29) is 24.2 Å². The third kappa shape index (κ3) is 4.44. The lowest BCUT2D eigenvalue weighted by molar-refractivity contribution is -0.119. The van der Waals surface area contributed by atoms with Crippen molar-refractivity contribution in [2.45, 2.75) is 57.1 Å². The van der Waals surface area contributed by atoms with Gasteiger partial charge in [0, 0.05) is 4.88 Å². The van der Waals surface area contributed by atoms with E-state index in [2.05, 4.69) is 15.5 Å². The van der Waals surface area contributed by atoms with Gasteiger partial charge in [-0.25, -0.2) is 4.79 Å². The number of ether oxygens (including phenoxy) is 1. The number of thioether (sulfide) groups is 1. The van der Waals surface area contributed by atoms with Crippen LogP contribution < -0.4 is 11.1 Å². The molecule has 2 aromatic rings. The van der Waals surface area contributed by atoms with Gasteiger partial charge < -0.3 is 15.8 Å². The molecule has 0 fully saturated rings. The Morgan fingerprint density at radius 1 is 1.37 bits per heavy atom. The van der Waals surface area contributed by atoms with Gasteiger partial charge in [0.2, 0.25) is 11.9 Å². The molecule has 0 aromatic carbocycles. The number of esters is 1. The van der Waals surface area contributed by atoms with Crippen LogP contribution in [0, 0.1) is 11.3 Å². The van der Waals surface area contributed by atoms with E-state index in [4.69, 9.17) is 15.7 Å². The van der Waals surface area contributed by atoms with Crippen LogP contribution in [0.5, 0.6) is 0 Å². The Hall–Kier alpha value is -2.58. The third-order valence-corrected chi connectivity index (χ3v) is 6.86. The Morgan fingerprint density at radius 3 is 2.83 bits per heavy atom. The van der Waals surface area contributed by atoms with Gasteiger partial charge in [0.05, 0.1) is 24.0 Å². The van der Waals surface area contributed by atoms with Crippen molar-refractivity contribution < 1.29 is 14.3 Å².